The Kier molecular flexibility index (Phi) is 5.92. The highest BCUT2D eigenvalue weighted by Crippen LogP contribution is 2.45. The Bertz CT molecular complexity index is 526. The van der Waals surface area contributed by atoms with Gasteiger partial charge in [-0.1, -0.05) is 6.07 Å². The number of thiophene rings is 1. The summed E-state index contributed by atoms with van der Waals surface area (Å²) in [5.41, 5.74) is 0.0762. The van der Waals surface area contributed by atoms with E-state index in [4.69, 9.17) is 9.47 Å². The van der Waals surface area contributed by atoms with Crippen molar-refractivity contribution in [2.45, 2.75) is 19.4 Å². The van der Waals surface area contributed by atoms with Crippen molar-refractivity contribution in [2.24, 2.45) is 11.3 Å². The molecule has 1 aromatic rings. The van der Waals surface area contributed by atoms with E-state index in [1.807, 2.05) is 16.2 Å². The van der Waals surface area contributed by atoms with E-state index >= 15 is 0 Å². The van der Waals surface area contributed by atoms with Crippen LogP contribution in [-0.2, 0) is 20.8 Å². The molecule has 3 heterocycles. The number of carbonyl (C=O) groups is 1. The van der Waals surface area contributed by atoms with Gasteiger partial charge in [0.05, 0.1) is 19.1 Å². The number of amides is 1. The quantitative estimate of drug-likeness (QED) is 0.753. The first-order valence-electron chi connectivity index (χ1n) is 8.70. The summed E-state index contributed by atoms with van der Waals surface area (Å²) >= 11 is 1.82. The number of likely N-dealkylation sites (tertiary alicyclic amines) is 2. The number of methoxy groups -OCH3 is 2. The lowest BCUT2D eigenvalue weighted by atomic mass is 9.71. The molecule has 5 nitrogen and oxygen atoms in total. The van der Waals surface area contributed by atoms with Gasteiger partial charge in [-0.05, 0) is 37.4 Å². The van der Waals surface area contributed by atoms with Crippen LogP contribution in [0.4, 0.5) is 0 Å². The molecule has 0 aromatic carbocycles. The minimum atomic E-state index is 0.00300. The minimum absolute atomic E-state index is 0.00300. The first-order valence-corrected chi connectivity index (χ1v) is 9.58. The second-order valence-electron chi connectivity index (χ2n) is 6.98. The lowest BCUT2D eigenvalue weighted by molar-refractivity contribution is -0.134. The van der Waals surface area contributed by atoms with E-state index in [2.05, 4.69) is 22.4 Å². The van der Waals surface area contributed by atoms with Crippen molar-refractivity contribution in [1.82, 2.24) is 9.80 Å². The Morgan fingerprint density at radius 3 is 2.71 bits per heavy atom. The number of ether oxygens (including phenoxy) is 2. The predicted octanol–water partition coefficient (Wildman–Crippen LogP) is 2.08. The first kappa shape index (κ1) is 17.9. The second-order valence-corrected chi connectivity index (χ2v) is 8.01. The highest BCUT2D eigenvalue weighted by molar-refractivity contribution is 7.09. The maximum absolute atomic E-state index is 12.8. The fraction of sp³-hybridized carbons (Fsp3) is 0.722. The maximum Gasteiger partial charge on any atom is 0.228 e. The molecule has 1 atom stereocenters. The van der Waals surface area contributed by atoms with Gasteiger partial charge in [0, 0.05) is 44.1 Å². The van der Waals surface area contributed by atoms with E-state index in [1.54, 1.807) is 14.2 Å². The average molecular weight is 353 g/mol. The molecule has 0 bridgehead atoms. The van der Waals surface area contributed by atoms with Gasteiger partial charge in [-0.15, -0.1) is 11.3 Å². The largest absolute Gasteiger partial charge is 0.384 e. The van der Waals surface area contributed by atoms with E-state index in [1.165, 1.54) is 4.88 Å². The Morgan fingerprint density at radius 1 is 1.29 bits per heavy atom. The molecular weight excluding hydrogens is 324 g/mol. The van der Waals surface area contributed by atoms with E-state index in [-0.39, 0.29) is 17.2 Å². The second kappa shape index (κ2) is 7.95. The lowest BCUT2D eigenvalue weighted by Crippen LogP contribution is -2.45. The average Bonchev–Trinajstić information content (AvgIpc) is 3.18. The molecule has 2 aliphatic heterocycles. The van der Waals surface area contributed by atoms with Gasteiger partial charge >= 0.3 is 0 Å². The normalized spacial score (nSPS) is 24.2. The van der Waals surface area contributed by atoms with Gasteiger partial charge in [-0.2, -0.15) is 0 Å². The van der Waals surface area contributed by atoms with E-state index in [9.17, 15) is 4.79 Å². The van der Waals surface area contributed by atoms with E-state index < -0.39 is 0 Å². The summed E-state index contributed by atoms with van der Waals surface area (Å²) in [6.45, 7) is 5.84. The zero-order valence-electron chi connectivity index (χ0n) is 14.7. The SMILES string of the molecule is COCCN1CC2(CCN(Cc3cccs3)CC2)[C@@H](COC)C1=O. The van der Waals surface area contributed by atoms with Gasteiger partial charge in [0.15, 0.2) is 0 Å². The summed E-state index contributed by atoms with van der Waals surface area (Å²) in [6, 6.07) is 4.32. The molecule has 0 saturated carbocycles. The summed E-state index contributed by atoms with van der Waals surface area (Å²) in [5.74, 6) is 0.254. The van der Waals surface area contributed by atoms with Crippen LogP contribution < -0.4 is 0 Å². The number of hydrogen-bond acceptors (Lipinski definition) is 5. The summed E-state index contributed by atoms with van der Waals surface area (Å²) in [7, 11) is 3.39. The summed E-state index contributed by atoms with van der Waals surface area (Å²) in [6.07, 6.45) is 2.14. The Balaban J connectivity index is 1.64. The van der Waals surface area contributed by atoms with Crippen LogP contribution in [0.3, 0.4) is 0 Å². The molecule has 0 unspecified atom stereocenters. The minimum Gasteiger partial charge on any atom is -0.384 e. The van der Waals surface area contributed by atoms with Crippen LogP contribution in [0.1, 0.15) is 17.7 Å². The number of nitrogens with zero attached hydrogens (tertiary/aromatic N) is 2. The van der Waals surface area contributed by atoms with E-state index in [0.29, 0.717) is 19.8 Å². The number of rotatable bonds is 7. The monoisotopic (exact) mass is 352 g/mol. The van der Waals surface area contributed by atoms with Crippen molar-refractivity contribution in [1.29, 1.82) is 0 Å². The smallest absolute Gasteiger partial charge is 0.228 e. The molecule has 0 aliphatic carbocycles. The Morgan fingerprint density at radius 2 is 2.08 bits per heavy atom. The molecule has 2 aliphatic rings. The number of carbonyl (C=O) groups excluding carboxylic acids is 1. The van der Waals surface area contributed by atoms with Crippen molar-refractivity contribution in [3.63, 3.8) is 0 Å². The molecule has 6 heteroatoms. The Labute approximate surface area is 148 Å². The lowest BCUT2D eigenvalue weighted by Gasteiger charge is -2.41. The molecule has 1 spiro atoms. The van der Waals surface area contributed by atoms with Gasteiger partial charge in [0.2, 0.25) is 5.91 Å². The van der Waals surface area contributed by atoms with Crippen LogP contribution in [0.15, 0.2) is 17.5 Å². The van der Waals surface area contributed by atoms with Crippen LogP contribution in [-0.4, -0.2) is 69.3 Å². The molecule has 134 valence electrons. The molecule has 3 rings (SSSR count). The molecule has 24 heavy (non-hydrogen) atoms. The highest BCUT2D eigenvalue weighted by atomic mass is 32.1. The molecule has 0 radical (unpaired) electrons. The third-order valence-electron chi connectivity index (χ3n) is 5.56. The van der Waals surface area contributed by atoms with Crippen molar-refractivity contribution >= 4 is 17.2 Å². The van der Waals surface area contributed by atoms with Gasteiger partial charge in [-0.3, -0.25) is 9.69 Å². The first-order chi connectivity index (χ1) is 11.7. The van der Waals surface area contributed by atoms with E-state index in [0.717, 1.165) is 39.0 Å². The van der Waals surface area contributed by atoms with Crippen molar-refractivity contribution in [3.8, 4) is 0 Å². The third-order valence-corrected chi connectivity index (χ3v) is 6.43. The van der Waals surface area contributed by atoms with Crippen molar-refractivity contribution < 1.29 is 14.3 Å². The summed E-state index contributed by atoms with van der Waals surface area (Å²) < 4.78 is 10.6. The summed E-state index contributed by atoms with van der Waals surface area (Å²) in [5, 5.41) is 2.14. The van der Waals surface area contributed by atoms with Gasteiger partial charge in [0.25, 0.3) is 0 Å². The zero-order valence-corrected chi connectivity index (χ0v) is 15.5. The molecule has 1 aromatic heterocycles. The molecule has 0 N–H and O–H groups in total. The molecule has 2 saturated heterocycles. The van der Waals surface area contributed by atoms with Crippen LogP contribution in [0.25, 0.3) is 0 Å². The van der Waals surface area contributed by atoms with Crippen LogP contribution in [0.5, 0.6) is 0 Å². The van der Waals surface area contributed by atoms with Crippen molar-refractivity contribution in [2.75, 3.05) is 53.6 Å². The topological polar surface area (TPSA) is 42.0 Å². The predicted molar refractivity (Wildman–Crippen MR) is 95.1 cm³/mol. The number of piperidine rings is 1. The van der Waals surface area contributed by atoms with Crippen LogP contribution in [0.2, 0.25) is 0 Å². The fourth-order valence-corrected chi connectivity index (χ4v) is 4.89. The van der Waals surface area contributed by atoms with Crippen molar-refractivity contribution in [3.05, 3.63) is 22.4 Å². The number of hydrogen-bond donors (Lipinski definition) is 0. The van der Waals surface area contributed by atoms with Crippen LogP contribution >= 0.6 is 11.3 Å². The molecule has 2 fully saturated rings. The maximum atomic E-state index is 12.8. The standard InChI is InChI=1S/C18H28N2O3S/c1-22-10-9-20-14-18(16(13-23-2)17(20)21)5-7-19(8-6-18)12-15-4-3-11-24-15/h3-4,11,16H,5-10,12-14H2,1-2H3/t16-/m0/s1. The Hall–Kier alpha value is -0.950. The van der Waals surface area contributed by atoms with Gasteiger partial charge in [0.1, 0.15) is 0 Å². The summed E-state index contributed by atoms with van der Waals surface area (Å²) in [4.78, 5) is 18.7. The molecule has 1 amide bonds. The zero-order chi connectivity index (χ0) is 17.0. The highest BCUT2D eigenvalue weighted by Gasteiger charge is 2.52. The third kappa shape index (κ3) is 3.67. The fourth-order valence-electron chi connectivity index (χ4n) is 4.14. The van der Waals surface area contributed by atoms with Crippen LogP contribution in [0, 0.1) is 11.3 Å². The van der Waals surface area contributed by atoms with Gasteiger partial charge < -0.3 is 14.4 Å². The van der Waals surface area contributed by atoms with Gasteiger partial charge in [-0.25, -0.2) is 0 Å². The molecular formula is C18H28N2O3S.